The fraction of sp³-hybridized carbons (Fsp3) is 0.250. The fourth-order valence-electron chi connectivity index (χ4n) is 4.53. The topological polar surface area (TPSA) is 126 Å². The summed E-state index contributed by atoms with van der Waals surface area (Å²) in [7, 11) is 0. The predicted molar refractivity (Wildman–Crippen MR) is 148 cm³/mol. The summed E-state index contributed by atoms with van der Waals surface area (Å²) in [5.74, 6) is -0.248. The van der Waals surface area contributed by atoms with Gasteiger partial charge >= 0.3 is 6.03 Å². The Bertz CT molecular complexity index is 1280. The van der Waals surface area contributed by atoms with Gasteiger partial charge in [0.25, 0.3) is 11.9 Å². The van der Waals surface area contributed by atoms with Gasteiger partial charge in [-0.05, 0) is 72.4 Å². The van der Waals surface area contributed by atoms with Crippen LogP contribution >= 0.6 is 15.9 Å². The number of guanidine groups is 1. The second-order valence-electron chi connectivity index (χ2n) is 9.05. The van der Waals surface area contributed by atoms with Crippen LogP contribution in [0, 0.1) is 0 Å². The minimum absolute atomic E-state index is 0.259. The first-order valence-corrected chi connectivity index (χ1v) is 13.0. The number of hydrogen-bond acceptors (Lipinski definition) is 2. The molecule has 0 unspecified atom stereocenters. The number of rotatable bonds is 6. The third kappa shape index (κ3) is 7.10. The van der Waals surface area contributed by atoms with E-state index in [4.69, 9.17) is 11.3 Å². The maximum Gasteiger partial charge on any atom is 0.326 e. The molecule has 1 saturated carbocycles. The molecule has 0 bridgehead atoms. The van der Waals surface area contributed by atoms with E-state index in [0.29, 0.717) is 23.7 Å². The lowest BCUT2D eigenvalue weighted by Gasteiger charge is -2.26. The Kier molecular flexibility index (Phi) is 8.79. The van der Waals surface area contributed by atoms with E-state index in [2.05, 4.69) is 43.5 Å². The molecule has 5 N–H and O–H groups in total. The van der Waals surface area contributed by atoms with Crippen LogP contribution in [-0.4, -0.2) is 17.9 Å². The van der Waals surface area contributed by atoms with Gasteiger partial charge < -0.3 is 11.1 Å². The van der Waals surface area contributed by atoms with Crippen molar-refractivity contribution in [2.75, 3.05) is 10.2 Å². The van der Waals surface area contributed by atoms with Gasteiger partial charge in [-0.1, -0.05) is 65.5 Å². The minimum atomic E-state index is -0.541. The van der Waals surface area contributed by atoms with Crippen LogP contribution in [0.15, 0.2) is 87.4 Å². The van der Waals surface area contributed by atoms with Crippen molar-refractivity contribution >= 4 is 45.2 Å². The monoisotopic (exact) mass is 561 g/mol. The number of anilines is 2. The molecule has 1 aliphatic carbocycles. The zero-order valence-corrected chi connectivity index (χ0v) is 22.0. The standard InChI is InChI=1S/C28H29BrN6O2/c29-23-7-4-8-24(17-23)32-28(37)35(25-15-13-21(14-16-25)20-5-2-1-3-6-20)18-19-9-11-22(12-10-19)26(36)33-27(30)34-31/h4,7-17,20,31H,1-3,5-6,18H2,(H,32,37)(H2,30,33,36)/p+1. The van der Waals surface area contributed by atoms with Crippen LogP contribution in [0.5, 0.6) is 0 Å². The highest BCUT2D eigenvalue weighted by Gasteiger charge is 2.20. The van der Waals surface area contributed by atoms with Gasteiger partial charge in [-0.15, -0.1) is 5.53 Å². The summed E-state index contributed by atoms with van der Waals surface area (Å²) in [5, 5.41) is 6.18. The van der Waals surface area contributed by atoms with Crippen molar-refractivity contribution in [2.24, 2.45) is 15.8 Å². The number of nitrogens with zero attached hydrogens (tertiary/aromatic N) is 3. The molecule has 0 heterocycles. The Labute approximate surface area is 224 Å². The molecule has 3 aromatic carbocycles. The van der Waals surface area contributed by atoms with E-state index in [1.807, 2.05) is 36.4 Å². The number of carbonyl (C=O) groups excluding carboxylic acids is 2. The summed E-state index contributed by atoms with van der Waals surface area (Å²) in [6, 6.07) is 22.3. The first kappa shape index (κ1) is 26.2. The Morgan fingerprint density at radius 2 is 1.70 bits per heavy atom. The van der Waals surface area contributed by atoms with Gasteiger partial charge in [-0.3, -0.25) is 9.69 Å². The van der Waals surface area contributed by atoms with Gasteiger partial charge in [-0.25, -0.2) is 4.79 Å². The average molecular weight is 562 g/mol. The predicted octanol–water partition coefficient (Wildman–Crippen LogP) is 5.40. The van der Waals surface area contributed by atoms with Crippen molar-refractivity contribution in [1.29, 1.82) is 0 Å². The molecule has 1 fully saturated rings. The number of carbonyl (C=O) groups is 2. The molecule has 8 nitrogen and oxygen atoms in total. The average Bonchev–Trinajstić information content (AvgIpc) is 2.92. The van der Waals surface area contributed by atoms with Crippen LogP contribution in [0.3, 0.4) is 0 Å². The first-order chi connectivity index (χ1) is 17.9. The van der Waals surface area contributed by atoms with E-state index in [1.165, 1.54) is 37.7 Å². The molecule has 9 heteroatoms. The van der Waals surface area contributed by atoms with Crippen molar-refractivity contribution in [3.8, 4) is 0 Å². The molecular weight excluding hydrogens is 532 g/mol. The quantitative estimate of drug-likeness (QED) is 0.212. The van der Waals surface area contributed by atoms with Crippen molar-refractivity contribution < 1.29 is 15.1 Å². The van der Waals surface area contributed by atoms with Crippen molar-refractivity contribution in [2.45, 2.75) is 44.6 Å². The largest absolute Gasteiger partial charge is 0.363 e. The molecule has 0 atom stereocenters. The molecule has 0 aromatic heterocycles. The Balaban J connectivity index is 1.57. The molecule has 0 aliphatic heterocycles. The lowest BCUT2D eigenvalue weighted by atomic mass is 9.84. The zero-order chi connectivity index (χ0) is 26.2. The van der Waals surface area contributed by atoms with Gasteiger partial charge in [0, 0.05) is 26.5 Å². The van der Waals surface area contributed by atoms with E-state index < -0.39 is 5.91 Å². The Morgan fingerprint density at radius 1 is 1.00 bits per heavy atom. The van der Waals surface area contributed by atoms with Gasteiger partial charge in [-0.2, -0.15) is 4.99 Å². The molecule has 0 radical (unpaired) electrons. The van der Waals surface area contributed by atoms with Crippen molar-refractivity contribution in [3.63, 3.8) is 0 Å². The van der Waals surface area contributed by atoms with Crippen LogP contribution in [0.25, 0.3) is 0 Å². The van der Waals surface area contributed by atoms with Gasteiger partial charge in [0.15, 0.2) is 0 Å². The molecule has 0 saturated heterocycles. The number of amides is 3. The van der Waals surface area contributed by atoms with Crippen LogP contribution < -0.4 is 21.5 Å². The van der Waals surface area contributed by atoms with Gasteiger partial charge in [0.05, 0.1) is 6.54 Å². The third-order valence-electron chi connectivity index (χ3n) is 6.49. The molecule has 1 aliphatic rings. The number of hydrogen-bond donors (Lipinski definition) is 3. The van der Waals surface area contributed by atoms with Crippen LogP contribution in [0.1, 0.15) is 59.5 Å². The second kappa shape index (κ2) is 12.4. The van der Waals surface area contributed by atoms with E-state index in [0.717, 1.165) is 15.7 Å². The van der Waals surface area contributed by atoms with Crippen molar-refractivity contribution in [3.05, 3.63) is 94.0 Å². The van der Waals surface area contributed by atoms with Crippen molar-refractivity contribution in [1.82, 2.24) is 0 Å². The normalized spacial score (nSPS) is 14.1. The molecule has 3 aromatic rings. The molecule has 4 rings (SSSR count). The maximum atomic E-state index is 13.4. The molecule has 0 spiro atoms. The maximum absolute atomic E-state index is 13.4. The Hall–Kier alpha value is -3.85. The minimum Gasteiger partial charge on any atom is -0.363 e. The molecule has 190 valence electrons. The number of halogens is 1. The van der Waals surface area contributed by atoms with Crippen LogP contribution in [0.4, 0.5) is 16.2 Å². The summed E-state index contributed by atoms with van der Waals surface area (Å²) in [6.07, 6.45) is 6.28. The van der Waals surface area contributed by atoms with Crippen LogP contribution in [-0.2, 0) is 6.54 Å². The third-order valence-corrected chi connectivity index (χ3v) is 6.99. The SMILES string of the molecule is NC(N=[NH2+])=NC(=O)c1ccc(CN(C(=O)Nc2cccc(Br)c2)c2ccc(C3CCCCC3)cc2)cc1. The zero-order valence-electron chi connectivity index (χ0n) is 20.4. The molecule has 37 heavy (non-hydrogen) atoms. The summed E-state index contributed by atoms with van der Waals surface area (Å²) >= 11 is 3.45. The summed E-state index contributed by atoms with van der Waals surface area (Å²) in [5.41, 5.74) is 14.4. The van der Waals surface area contributed by atoms with E-state index in [-0.39, 0.29) is 12.0 Å². The summed E-state index contributed by atoms with van der Waals surface area (Å²) in [6.45, 7) is 0.306. The van der Waals surface area contributed by atoms with Gasteiger partial charge in [0.1, 0.15) is 0 Å². The first-order valence-electron chi connectivity index (χ1n) is 12.3. The van der Waals surface area contributed by atoms with E-state index in [9.17, 15) is 9.59 Å². The van der Waals surface area contributed by atoms with Gasteiger partial charge in [0.2, 0.25) is 0 Å². The lowest BCUT2D eigenvalue weighted by molar-refractivity contribution is -0.207. The number of aliphatic imine (C=N–C) groups is 1. The fourth-order valence-corrected chi connectivity index (χ4v) is 4.93. The van der Waals surface area contributed by atoms with E-state index in [1.54, 1.807) is 29.2 Å². The highest BCUT2D eigenvalue weighted by Crippen LogP contribution is 2.33. The Morgan fingerprint density at radius 3 is 2.35 bits per heavy atom. The highest BCUT2D eigenvalue weighted by molar-refractivity contribution is 9.10. The van der Waals surface area contributed by atoms with E-state index >= 15 is 0 Å². The highest BCUT2D eigenvalue weighted by atomic mass is 79.9. The summed E-state index contributed by atoms with van der Waals surface area (Å²) < 4.78 is 0.875. The molecular formula is C28H30BrN6O2+. The summed E-state index contributed by atoms with van der Waals surface area (Å²) in [4.78, 5) is 30.9. The molecule has 3 amide bonds. The van der Waals surface area contributed by atoms with Crippen LogP contribution in [0.2, 0.25) is 0 Å². The number of nitrogens with one attached hydrogen (secondary N) is 1. The number of nitrogens with two attached hydrogens (primary N) is 2. The second-order valence-corrected chi connectivity index (χ2v) is 9.97. The smallest absolute Gasteiger partial charge is 0.326 e. The number of benzene rings is 3. The number of urea groups is 1. The lowest BCUT2D eigenvalue weighted by Crippen LogP contribution is -2.34.